The van der Waals surface area contributed by atoms with Gasteiger partial charge in [-0.1, -0.05) is 17.7 Å². The van der Waals surface area contributed by atoms with Crippen LogP contribution < -0.4 is 20.3 Å². The van der Waals surface area contributed by atoms with Crippen LogP contribution in [-0.4, -0.2) is 28.1 Å². The third-order valence-electron chi connectivity index (χ3n) is 4.97. The van der Waals surface area contributed by atoms with Crippen molar-refractivity contribution in [3.8, 4) is 17.2 Å². The highest BCUT2D eigenvalue weighted by Gasteiger charge is 2.30. The first kappa shape index (κ1) is 22.0. The number of hydrogen-bond acceptors (Lipinski definition) is 6. The molecule has 1 aromatic heterocycles. The molecule has 0 radical (unpaired) electrons. The van der Waals surface area contributed by atoms with Crippen LogP contribution in [0.2, 0.25) is 5.02 Å². The number of aromatic nitrogens is 1. The molecule has 0 amide bonds. The van der Waals surface area contributed by atoms with Crippen molar-refractivity contribution in [1.29, 1.82) is 0 Å². The smallest absolute Gasteiger partial charge is 0.271 e. The standard InChI is InChI=1S/C21H23ClN3O5P/c1-29-20-10-18-15(9-16(20)21(23)26)19(6-7-24-18)30-14-5-2-12(17(22)8-14)11-31(27,28)25-13-3-4-13/h2,5-10,13,21,26H,3-4,11,23H2,1H3,(H2,25,27,28). The van der Waals surface area contributed by atoms with E-state index in [1.165, 1.54) is 7.11 Å². The van der Waals surface area contributed by atoms with Crippen molar-refractivity contribution in [1.82, 2.24) is 10.1 Å². The molecule has 1 aliphatic carbocycles. The zero-order valence-corrected chi connectivity index (χ0v) is 18.4. The maximum atomic E-state index is 12.4. The van der Waals surface area contributed by atoms with Gasteiger partial charge >= 0.3 is 0 Å². The summed E-state index contributed by atoms with van der Waals surface area (Å²) in [6.07, 6.45) is 2.15. The molecule has 3 aromatic rings. The van der Waals surface area contributed by atoms with Crippen molar-refractivity contribution >= 4 is 30.0 Å². The number of nitrogens with two attached hydrogens (primary N) is 1. The molecule has 1 aliphatic rings. The second-order valence-electron chi connectivity index (χ2n) is 7.48. The first-order chi connectivity index (χ1) is 14.8. The number of halogens is 1. The van der Waals surface area contributed by atoms with E-state index in [-0.39, 0.29) is 12.2 Å². The lowest BCUT2D eigenvalue weighted by atomic mass is 10.1. The van der Waals surface area contributed by atoms with Crippen molar-refractivity contribution in [3.63, 3.8) is 0 Å². The highest BCUT2D eigenvalue weighted by molar-refractivity contribution is 7.55. The summed E-state index contributed by atoms with van der Waals surface area (Å²) in [5, 5.41) is 13.6. The topological polar surface area (TPSA) is 127 Å². The summed E-state index contributed by atoms with van der Waals surface area (Å²) in [7, 11) is -2.01. The number of aliphatic hydroxyl groups excluding tert-OH is 1. The van der Waals surface area contributed by atoms with Crippen LogP contribution in [0.1, 0.15) is 30.2 Å². The SMILES string of the molecule is COc1cc2nccc(Oc3ccc(CP(=O)(O)NC4CC4)c(Cl)c3)c2cc1C(N)O. The summed E-state index contributed by atoms with van der Waals surface area (Å²) in [6, 6.07) is 10.1. The van der Waals surface area contributed by atoms with Crippen LogP contribution >= 0.6 is 19.1 Å². The third-order valence-corrected chi connectivity index (χ3v) is 6.86. The van der Waals surface area contributed by atoms with E-state index in [0.29, 0.717) is 44.3 Å². The second kappa shape index (κ2) is 8.74. The van der Waals surface area contributed by atoms with Gasteiger partial charge in [-0.05, 0) is 42.7 Å². The number of benzene rings is 2. The molecule has 164 valence electrons. The molecule has 0 spiro atoms. The minimum absolute atomic E-state index is 0.0572. The molecule has 1 fully saturated rings. The van der Waals surface area contributed by atoms with Crippen LogP contribution in [0.5, 0.6) is 17.2 Å². The zero-order chi connectivity index (χ0) is 22.2. The number of fused-ring (bicyclic) bond motifs is 1. The zero-order valence-electron chi connectivity index (χ0n) is 16.8. The van der Waals surface area contributed by atoms with Crippen molar-refractivity contribution < 1.29 is 24.0 Å². The van der Waals surface area contributed by atoms with Crippen LogP contribution in [0.3, 0.4) is 0 Å². The predicted molar refractivity (Wildman–Crippen MR) is 119 cm³/mol. The summed E-state index contributed by atoms with van der Waals surface area (Å²) >= 11 is 6.36. The van der Waals surface area contributed by atoms with Gasteiger partial charge < -0.3 is 25.2 Å². The van der Waals surface area contributed by atoms with E-state index in [2.05, 4.69) is 10.1 Å². The van der Waals surface area contributed by atoms with Crippen molar-refractivity contribution in [2.24, 2.45) is 5.73 Å². The molecule has 5 N–H and O–H groups in total. The number of hydrogen-bond donors (Lipinski definition) is 4. The van der Waals surface area contributed by atoms with Gasteiger partial charge in [0, 0.05) is 34.3 Å². The van der Waals surface area contributed by atoms with E-state index in [4.69, 9.17) is 26.8 Å². The van der Waals surface area contributed by atoms with Gasteiger partial charge in [0.25, 0.3) is 7.52 Å². The molecule has 0 bridgehead atoms. The number of ether oxygens (including phenoxy) is 2. The maximum Gasteiger partial charge on any atom is 0.271 e. The van der Waals surface area contributed by atoms with Crippen molar-refractivity contribution in [2.75, 3.05) is 7.11 Å². The molecule has 0 saturated heterocycles. The molecule has 31 heavy (non-hydrogen) atoms. The fourth-order valence-corrected chi connectivity index (χ4v) is 5.27. The monoisotopic (exact) mass is 463 g/mol. The Bertz CT molecular complexity index is 1170. The summed E-state index contributed by atoms with van der Waals surface area (Å²) in [5.41, 5.74) is 7.23. The Morgan fingerprint density at radius 3 is 2.71 bits per heavy atom. The largest absolute Gasteiger partial charge is 0.496 e. The fourth-order valence-electron chi connectivity index (χ4n) is 3.28. The Hall–Kier alpha value is -2.19. The molecular formula is C21H23ClN3O5P. The van der Waals surface area contributed by atoms with Crippen LogP contribution in [-0.2, 0) is 10.7 Å². The number of rotatable bonds is 8. The van der Waals surface area contributed by atoms with Gasteiger partial charge in [0.05, 0.1) is 18.8 Å². The van der Waals surface area contributed by atoms with Crippen LogP contribution in [0.25, 0.3) is 10.9 Å². The lowest BCUT2D eigenvalue weighted by Crippen LogP contribution is -2.13. The average Bonchev–Trinajstić information content (AvgIpc) is 3.52. The molecule has 1 saturated carbocycles. The fraction of sp³-hybridized carbons (Fsp3) is 0.286. The van der Waals surface area contributed by atoms with Crippen LogP contribution in [0, 0.1) is 0 Å². The maximum absolute atomic E-state index is 12.4. The van der Waals surface area contributed by atoms with Gasteiger partial charge in [0.1, 0.15) is 23.5 Å². The van der Waals surface area contributed by atoms with Crippen LogP contribution in [0.4, 0.5) is 0 Å². The first-order valence-electron chi connectivity index (χ1n) is 9.72. The Morgan fingerprint density at radius 1 is 1.29 bits per heavy atom. The molecular weight excluding hydrogens is 441 g/mol. The number of nitrogens with zero attached hydrogens (tertiary/aromatic N) is 1. The van der Waals surface area contributed by atoms with Gasteiger partial charge in [-0.2, -0.15) is 0 Å². The average molecular weight is 464 g/mol. The summed E-state index contributed by atoms with van der Waals surface area (Å²) in [6.45, 7) is 0. The predicted octanol–water partition coefficient (Wildman–Crippen LogP) is 4.08. The van der Waals surface area contributed by atoms with Gasteiger partial charge in [-0.25, -0.2) is 5.09 Å². The molecule has 2 aromatic carbocycles. The Kier molecular flexibility index (Phi) is 6.21. The molecule has 4 rings (SSSR count). The highest BCUT2D eigenvalue weighted by atomic mass is 35.5. The molecule has 0 aliphatic heterocycles. The summed E-state index contributed by atoms with van der Waals surface area (Å²) in [4.78, 5) is 14.5. The third kappa shape index (κ3) is 5.18. The number of methoxy groups -OCH3 is 1. The van der Waals surface area contributed by atoms with E-state index >= 15 is 0 Å². The van der Waals surface area contributed by atoms with E-state index < -0.39 is 13.7 Å². The van der Waals surface area contributed by atoms with E-state index in [1.807, 2.05) is 0 Å². The lowest BCUT2D eigenvalue weighted by Gasteiger charge is -2.16. The van der Waals surface area contributed by atoms with Crippen molar-refractivity contribution in [2.45, 2.75) is 31.3 Å². The summed E-state index contributed by atoms with van der Waals surface area (Å²) in [5.74, 6) is 1.37. The quantitative estimate of drug-likeness (QED) is 0.291. The normalized spacial score (nSPS) is 16.7. The number of aliphatic hydroxyl groups is 1. The second-order valence-corrected chi connectivity index (χ2v) is 9.87. The first-order valence-corrected chi connectivity index (χ1v) is 11.9. The van der Waals surface area contributed by atoms with Gasteiger partial charge in [0.15, 0.2) is 0 Å². The number of nitrogens with one attached hydrogen (secondary N) is 1. The van der Waals surface area contributed by atoms with Gasteiger partial charge in [0.2, 0.25) is 0 Å². The highest BCUT2D eigenvalue weighted by Crippen LogP contribution is 2.45. The van der Waals surface area contributed by atoms with Crippen molar-refractivity contribution in [3.05, 3.63) is 58.7 Å². The van der Waals surface area contributed by atoms with Crippen LogP contribution in [0.15, 0.2) is 42.6 Å². The number of pyridine rings is 1. The molecule has 10 heteroatoms. The minimum Gasteiger partial charge on any atom is -0.496 e. The van der Waals surface area contributed by atoms with E-state index in [0.717, 1.165) is 12.8 Å². The summed E-state index contributed by atoms with van der Waals surface area (Å²) < 4.78 is 23.6. The Morgan fingerprint density at radius 2 is 2.06 bits per heavy atom. The molecule has 2 unspecified atom stereocenters. The molecule has 1 heterocycles. The van der Waals surface area contributed by atoms with Gasteiger partial charge in [-0.3, -0.25) is 9.55 Å². The Balaban J connectivity index is 1.61. The molecule has 2 atom stereocenters. The van der Waals surface area contributed by atoms with E-state index in [9.17, 15) is 14.6 Å². The minimum atomic E-state index is -3.50. The van der Waals surface area contributed by atoms with Gasteiger partial charge in [-0.15, -0.1) is 0 Å². The lowest BCUT2D eigenvalue weighted by molar-refractivity contribution is 0.182. The molecule has 8 nitrogen and oxygen atoms in total. The van der Waals surface area contributed by atoms with E-state index in [1.54, 1.807) is 42.6 Å². The Labute approximate surface area is 184 Å².